The first-order chi connectivity index (χ1) is 9.65. The number of hydrogen-bond donors (Lipinski definition) is 1. The molecule has 0 radical (unpaired) electrons. The molecule has 20 heavy (non-hydrogen) atoms. The van der Waals surface area contributed by atoms with Gasteiger partial charge in [-0.1, -0.05) is 44.2 Å². The van der Waals surface area contributed by atoms with Crippen molar-refractivity contribution < 1.29 is 0 Å². The average Bonchev–Trinajstić information content (AvgIpc) is 2.50. The van der Waals surface area contributed by atoms with Gasteiger partial charge in [0, 0.05) is 44.8 Å². The molecule has 1 fully saturated rings. The van der Waals surface area contributed by atoms with E-state index in [4.69, 9.17) is 5.73 Å². The summed E-state index contributed by atoms with van der Waals surface area (Å²) in [7, 11) is 0. The van der Waals surface area contributed by atoms with E-state index in [1.807, 2.05) is 0 Å². The lowest BCUT2D eigenvalue weighted by molar-refractivity contribution is 0.103. The summed E-state index contributed by atoms with van der Waals surface area (Å²) in [5.74, 6) is 0. The summed E-state index contributed by atoms with van der Waals surface area (Å²) < 4.78 is 0. The summed E-state index contributed by atoms with van der Waals surface area (Å²) in [4.78, 5) is 5.08. The van der Waals surface area contributed by atoms with Crippen LogP contribution in [0, 0.1) is 0 Å². The van der Waals surface area contributed by atoms with Gasteiger partial charge in [0.2, 0.25) is 0 Å². The highest BCUT2D eigenvalue weighted by molar-refractivity contribution is 5.14. The van der Waals surface area contributed by atoms with Crippen molar-refractivity contribution in [3.8, 4) is 0 Å². The maximum Gasteiger partial charge on any atom is 0.0278 e. The van der Waals surface area contributed by atoms with Gasteiger partial charge in [0.15, 0.2) is 0 Å². The molecule has 0 aromatic heterocycles. The van der Waals surface area contributed by atoms with Crippen LogP contribution in [0.15, 0.2) is 30.3 Å². The minimum Gasteiger partial charge on any atom is -0.324 e. The van der Waals surface area contributed by atoms with Crippen LogP contribution in [0.5, 0.6) is 0 Å². The third-order valence-corrected chi connectivity index (χ3v) is 4.66. The molecule has 3 heteroatoms. The quantitative estimate of drug-likeness (QED) is 0.865. The summed E-state index contributed by atoms with van der Waals surface area (Å²) in [6.07, 6.45) is 2.13. The molecule has 2 N–H and O–H groups in total. The molecule has 0 aliphatic carbocycles. The molecular weight excluding hydrogens is 246 g/mol. The Morgan fingerprint density at radius 1 is 0.950 bits per heavy atom. The minimum absolute atomic E-state index is 0.00159. The summed E-state index contributed by atoms with van der Waals surface area (Å²) in [6, 6.07) is 10.8. The van der Waals surface area contributed by atoms with E-state index in [-0.39, 0.29) is 5.54 Å². The van der Waals surface area contributed by atoms with Crippen molar-refractivity contribution in [2.24, 2.45) is 5.73 Å². The molecule has 0 amide bonds. The topological polar surface area (TPSA) is 32.5 Å². The van der Waals surface area contributed by atoms with Crippen molar-refractivity contribution >= 4 is 0 Å². The van der Waals surface area contributed by atoms with Crippen LogP contribution in [0.1, 0.15) is 32.3 Å². The minimum atomic E-state index is 0.00159. The number of piperazine rings is 1. The average molecular weight is 275 g/mol. The summed E-state index contributed by atoms with van der Waals surface area (Å²) in [5, 5.41) is 0. The van der Waals surface area contributed by atoms with Gasteiger partial charge in [0.1, 0.15) is 0 Å². The maximum absolute atomic E-state index is 6.43. The van der Waals surface area contributed by atoms with Gasteiger partial charge in [-0.2, -0.15) is 0 Å². The summed E-state index contributed by atoms with van der Waals surface area (Å²) >= 11 is 0. The Kier molecular flexibility index (Phi) is 5.58. The van der Waals surface area contributed by atoms with E-state index in [0.29, 0.717) is 0 Å². The van der Waals surface area contributed by atoms with E-state index in [1.165, 1.54) is 5.56 Å². The summed E-state index contributed by atoms with van der Waals surface area (Å²) in [5.41, 5.74) is 7.85. The molecular formula is C17H29N3. The normalized spacial score (nSPS) is 18.4. The van der Waals surface area contributed by atoms with Gasteiger partial charge >= 0.3 is 0 Å². The molecule has 0 spiro atoms. The number of nitrogens with two attached hydrogens (primary N) is 1. The first-order valence-corrected chi connectivity index (χ1v) is 7.93. The van der Waals surface area contributed by atoms with E-state index >= 15 is 0 Å². The van der Waals surface area contributed by atoms with Gasteiger partial charge in [-0.3, -0.25) is 9.80 Å². The van der Waals surface area contributed by atoms with E-state index < -0.39 is 0 Å². The van der Waals surface area contributed by atoms with E-state index in [9.17, 15) is 0 Å². The molecule has 0 unspecified atom stereocenters. The molecule has 1 aliphatic rings. The predicted molar refractivity (Wildman–Crippen MR) is 85.7 cm³/mol. The Morgan fingerprint density at radius 3 is 2.05 bits per heavy atom. The highest BCUT2D eigenvalue weighted by Crippen LogP contribution is 2.15. The zero-order chi connectivity index (χ0) is 14.4. The van der Waals surface area contributed by atoms with Crippen LogP contribution < -0.4 is 5.73 Å². The molecule has 1 aromatic carbocycles. The smallest absolute Gasteiger partial charge is 0.0278 e. The second-order valence-corrected chi connectivity index (χ2v) is 6.11. The molecule has 0 bridgehead atoms. The Labute approximate surface area is 123 Å². The standard InChI is InChI=1S/C17H29N3/c1-3-17(18,4-2)15-20-12-10-19(11-13-20)14-16-8-6-5-7-9-16/h5-9H,3-4,10-15,18H2,1-2H3. The van der Waals surface area contributed by atoms with Crippen LogP contribution >= 0.6 is 0 Å². The van der Waals surface area contributed by atoms with Crippen LogP contribution in [0.2, 0.25) is 0 Å². The molecule has 0 saturated carbocycles. The van der Waals surface area contributed by atoms with Gasteiger partial charge in [-0.25, -0.2) is 0 Å². The van der Waals surface area contributed by atoms with Crippen LogP contribution in [0.3, 0.4) is 0 Å². The lowest BCUT2D eigenvalue weighted by Gasteiger charge is -2.39. The number of nitrogens with zero attached hydrogens (tertiary/aromatic N) is 2. The second-order valence-electron chi connectivity index (χ2n) is 6.11. The lowest BCUT2D eigenvalue weighted by atomic mass is 9.93. The van der Waals surface area contributed by atoms with Crippen molar-refractivity contribution in [1.29, 1.82) is 0 Å². The fourth-order valence-corrected chi connectivity index (χ4v) is 2.87. The van der Waals surface area contributed by atoms with Gasteiger partial charge in [0.05, 0.1) is 0 Å². The van der Waals surface area contributed by atoms with Crippen molar-refractivity contribution in [2.75, 3.05) is 32.7 Å². The van der Waals surface area contributed by atoms with E-state index in [0.717, 1.165) is 52.1 Å². The zero-order valence-electron chi connectivity index (χ0n) is 13.0. The molecule has 1 aromatic rings. The summed E-state index contributed by atoms with van der Waals surface area (Å²) in [6.45, 7) is 11.1. The Balaban J connectivity index is 1.78. The molecule has 1 saturated heterocycles. The van der Waals surface area contributed by atoms with Crippen LogP contribution in [-0.2, 0) is 6.54 Å². The molecule has 3 nitrogen and oxygen atoms in total. The number of benzene rings is 1. The predicted octanol–water partition coefficient (Wildman–Crippen LogP) is 2.32. The van der Waals surface area contributed by atoms with Crippen molar-refractivity contribution in [3.63, 3.8) is 0 Å². The first kappa shape index (κ1) is 15.5. The fraction of sp³-hybridized carbons (Fsp3) is 0.647. The Bertz CT molecular complexity index is 378. The van der Waals surface area contributed by atoms with Crippen molar-refractivity contribution in [3.05, 3.63) is 35.9 Å². The largest absolute Gasteiger partial charge is 0.324 e. The SMILES string of the molecule is CCC(N)(CC)CN1CCN(Cc2ccccc2)CC1. The first-order valence-electron chi connectivity index (χ1n) is 7.93. The maximum atomic E-state index is 6.43. The van der Waals surface area contributed by atoms with Gasteiger partial charge in [0.25, 0.3) is 0 Å². The molecule has 1 heterocycles. The fourth-order valence-electron chi connectivity index (χ4n) is 2.87. The Morgan fingerprint density at radius 2 is 1.50 bits per heavy atom. The van der Waals surface area contributed by atoms with Crippen LogP contribution in [0.25, 0.3) is 0 Å². The van der Waals surface area contributed by atoms with E-state index in [1.54, 1.807) is 0 Å². The highest BCUT2D eigenvalue weighted by atomic mass is 15.3. The van der Waals surface area contributed by atoms with Gasteiger partial charge in [-0.05, 0) is 18.4 Å². The number of hydrogen-bond acceptors (Lipinski definition) is 3. The third-order valence-electron chi connectivity index (χ3n) is 4.66. The van der Waals surface area contributed by atoms with Crippen LogP contribution in [0.4, 0.5) is 0 Å². The van der Waals surface area contributed by atoms with Crippen molar-refractivity contribution in [1.82, 2.24) is 9.80 Å². The van der Waals surface area contributed by atoms with Crippen molar-refractivity contribution in [2.45, 2.75) is 38.8 Å². The molecule has 2 rings (SSSR count). The zero-order valence-corrected chi connectivity index (χ0v) is 13.0. The number of rotatable bonds is 6. The highest BCUT2D eigenvalue weighted by Gasteiger charge is 2.26. The molecule has 1 aliphatic heterocycles. The second kappa shape index (κ2) is 7.21. The third kappa shape index (κ3) is 4.30. The monoisotopic (exact) mass is 275 g/mol. The van der Waals surface area contributed by atoms with E-state index in [2.05, 4.69) is 54.0 Å². The Hall–Kier alpha value is -0.900. The molecule has 0 atom stereocenters. The van der Waals surface area contributed by atoms with Gasteiger partial charge in [-0.15, -0.1) is 0 Å². The molecule has 112 valence electrons. The van der Waals surface area contributed by atoms with Crippen LogP contribution in [-0.4, -0.2) is 48.1 Å². The van der Waals surface area contributed by atoms with Gasteiger partial charge < -0.3 is 5.73 Å². The lowest BCUT2D eigenvalue weighted by Crippen LogP contribution is -2.54.